The highest BCUT2D eigenvalue weighted by molar-refractivity contribution is 6.30. The maximum Gasteiger partial charge on any atom is 0.320 e. The zero-order valence-corrected chi connectivity index (χ0v) is 16.5. The molecule has 0 radical (unpaired) electrons. The number of carbonyl (C=O) groups excluding carboxylic acids is 2. The minimum absolute atomic E-state index is 0.0249. The van der Waals surface area contributed by atoms with Crippen LogP contribution in [-0.4, -0.2) is 71.8 Å². The number of likely N-dealkylation sites (tertiary alicyclic amines) is 1. The number of urea groups is 1. The quantitative estimate of drug-likeness (QED) is 0.794. The minimum Gasteiger partial charge on any atom is -0.323 e. The van der Waals surface area contributed by atoms with E-state index in [1.165, 1.54) is 19.3 Å². The largest absolute Gasteiger partial charge is 0.323 e. The molecule has 0 N–H and O–H groups in total. The van der Waals surface area contributed by atoms with Gasteiger partial charge in [0.05, 0.1) is 5.92 Å². The fourth-order valence-corrected chi connectivity index (χ4v) is 4.36. The third kappa shape index (κ3) is 4.30. The summed E-state index contributed by atoms with van der Waals surface area (Å²) in [6, 6.07) is 8.28. The number of benzene rings is 1. The molecule has 3 aliphatic rings. The third-order valence-corrected chi connectivity index (χ3v) is 6.54. The molecule has 1 aliphatic carbocycles. The summed E-state index contributed by atoms with van der Waals surface area (Å²) in [4.78, 5) is 31.6. The highest BCUT2D eigenvalue weighted by atomic mass is 35.5. The Morgan fingerprint density at radius 3 is 2.33 bits per heavy atom. The third-order valence-electron chi connectivity index (χ3n) is 6.29. The molecule has 2 heterocycles. The molecule has 2 amide bonds. The number of rotatable bonds is 4. The molecule has 6 heteroatoms. The summed E-state index contributed by atoms with van der Waals surface area (Å²) >= 11 is 5.89. The molecule has 0 unspecified atom stereocenters. The number of nitrogens with zero attached hydrogens (tertiary/aromatic N) is 3. The predicted molar refractivity (Wildman–Crippen MR) is 106 cm³/mol. The van der Waals surface area contributed by atoms with E-state index in [2.05, 4.69) is 4.90 Å². The lowest BCUT2D eigenvalue weighted by molar-refractivity contribution is -0.126. The summed E-state index contributed by atoms with van der Waals surface area (Å²) in [5.41, 5.74) is 0.984. The molecule has 146 valence electrons. The van der Waals surface area contributed by atoms with E-state index < -0.39 is 0 Å². The van der Waals surface area contributed by atoms with Crippen LogP contribution in [0.25, 0.3) is 0 Å². The number of halogens is 1. The zero-order chi connectivity index (χ0) is 18.8. The van der Waals surface area contributed by atoms with Gasteiger partial charge in [-0.05, 0) is 37.0 Å². The van der Waals surface area contributed by atoms with Crippen LogP contribution in [0, 0.1) is 5.92 Å². The summed E-state index contributed by atoms with van der Waals surface area (Å²) in [5, 5.41) is 0.680. The van der Waals surface area contributed by atoms with Crippen LogP contribution in [0.3, 0.4) is 0 Å². The topological polar surface area (TPSA) is 43.9 Å². The predicted octanol–water partition coefficient (Wildman–Crippen LogP) is 3.06. The molecular weight excluding hydrogens is 362 g/mol. The highest BCUT2D eigenvalue weighted by Gasteiger charge is 2.38. The van der Waals surface area contributed by atoms with Crippen LogP contribution >= 0.6 is 11.6 Å². The second kappa shape index (κ2) is 8.19. The number of ketones is 1. The molecule has 2 saturated heterocycles. The zero-order valence-electron chi connectivity index (χ0n) is 15.8. The van der Waals surface area contributed by atoms with Crippen LogP contribution < -0.4 is 0 Å². The van der Waals surface area contributed by atoms with Gasteiger partial charge in [-0.2, -0.15) is 0 Å². The first-order valence-electron chi connectivity index (χ1n) is 10.2. The smallest absolute Gasteiger partial charge is 0.320 e. The average Bonchev–Trinajstić information content (AvgIpc) is 2.80. The van der Waals surface area contributed by atoms with Crippen molar-refractivity contribution in [1.82, 2.24) is 14.7 Å². The van der Waals surface area contributed by atoms with Gasteiger partial charge in [0.2, 0.25) is 0 Å². The summed E-state index contributed by atoms with van der Waals surface area (Å²) in [7, 11) is 0. The molecule has 3 fully saturated rings. The molecule has 27 heavy (non-hydrogen) atoms. The van der Waals surface area contributed by atoms with Crippen molar-refractivity contribution in [2.24, 2.45) is 5.92 Å². The molecule has 0 atom stereocenters. The van der Waals surface area contributed by atoms with Crippen molar-refractivity contribution in [3.8, 4) is 0 Å². The van der Waals surface area contributed by atoms with Crippen LogP contribution in [0.1, 0.15) is 31.2 Å². The van der Waals surface area contributed by atoms with Gasteiger partial charge in [-0.1, -0.05) is 30.2 Å². The van der Waals surface area contributed by atoms with Gasteiger partial charge in [-0.15, -0.1) is 0 Å². The molecule has 1 aromatic rings. The highest BCUT2D eigenvalue weighted by Crippen LogP contribution is 2.26. The standard InChI is InChI=1S/C21H28ClN3O2/c22-18-7-5-16(6-8-18)13-20(26)17-14-25(15-17)21(27)24-10-2-9-23(11-12-24)19-3-1-4-19/h5-8,17,19H,1-4,9-15H2. The van der Waals surface area contributed by atoms with Crippen molar-refractivity contribution in [2.45, 2.75) is 38.1 Å². The number of Topliss-reactive ketones (excluding diaryl/α,β-unsaturated/α-hetero) is 1. The summed E-state index contributed by atoms with van der Waals surface area (Å²) in [6.45, 7) is 4.87. The molecule has 2 aliphatic heterocycles. The van der Waals surface area contributed by atoms with E-state index in [9.17, 15) is 9.59 Å². The van der Waals surface area contributed by atoms with Gasteiger partial charge >= 0.3 is 6.03 Å². The molecule has 1 saturated carbocycles. The molecule has 0 spiro atoms. The summed E-state index contributed by atoms with van der Waals surface area (Å²) in [5.74, 6) is 0.191. The number of hydrogen-bond donors (Lipinski definition) is 0. The average molecular weight is 390 g/mol. The Morgan fingerprint density at radius 1 is 0.926 bits per heavy atom. The lowest BCUT2D eigenvalue weighted by atomic mass is 9.91. The SMILES string of the molecule is O=C(Cc1ccc(Cl)cc1)C1CN(C(=O)N2CCCN(C3CCC3)CC2)C1. The Balaban J connectivity index is 1.23. The Hall–Kier alpha value is -1.59. The van der Waals surface area contributed by atoms with Gasteiger partial charge in [0.1, 0.15) is 5.78 Å². The van der Waals surface area contributed by atoms with Gasteiger partial charge in [-0.25, -0.2) is 4.79 Å². The first kappa shape index (κ1) is 18.8. The summed E-state index contributed by atoms with van der Waals surface area (Å²) < 4.78 is 0. The second-order valence-electron chi connectivity index (χ2n) is 8.12. The molecule has 0 aromatic heterocycles. The van der Waals surface area contributed by atoms with Crippen molar-refractivity contribution < 1.29 is 9.59 Å². The van der Waals surface area contributed by atoms with Crippen molar-refractivity contribution >= 4 is 23.4 Å². The van der Waals surface area contributed by atoms with Crippen LogP contribution in [0.5, 0.6) is 0 Å². The molecule has 4 rings (SSSR count). The Kier molecular flexibility index (Phi) is 5.69. The van der Waals surface area contributed by atoms with Gasteiger partial charge in [0.25, 0.3) is 0 Å². The Labute approximate surface area is 166 Å². The lowest BCUT2D eigenvalue weighted by Gasteiger charge is -2.41. The lowest BCUT2D eigenvalue weighted by Crippen LogP contribution is -2.57. The molecule has 0 bridgehead atoms. The number of hydrogen-bond acceptors (Lipinski definition) is 3. The molecule has 5 nitrogen and oxygen atoms in total. The summed E-state index contributed by atoms with van der Waals surface area (Å²) in [6.07, 6.45) is 5.46. The van der Waals surface area contributed by atoms with E-state index in [0.29, 0.717) is 24.5 Å². The van der Waals surface area contributed by atoms with Crippen LogP contribution in [0.4, 0.5) is 4.79 Å². The van der Waals surface area contributed by atoms with Crippen molar-refractivity contribution in [3.63, 3.8) is 0 Å². The monoisotopic (exact) mass is 389 g/mol. The van der Waals surface area contributed by atoms with Gasteiger partial charge < -0.3 is 9.80 Å². The van der Waals surface area contributed by atoms with Crippen LogP contribution in [-0.2, 0) is 11.2 Å². The normalized spacial score (nSPS) is 22.1. The van der Waals surface area contributed by atoms with E-state index in [-0.39, 0.29) is 17.7 Å². The van der Waals surface area contributed by atoms with Crippen LogP contribution in [0.15, 0.2) is 24.3 Å². The number of amides is 2. The van der Waals surface area contributed by atoms with Crippen molar-refractivity contribution in [1.29, 1.82) is 0 Å². The molecular formula is C21H28ClN3O2. The number of carbonyl (C=O) groups is 2. The Morgan fingerprint density at radius 2 is 1.67 bits per heavy atom. The maximum absolute atomic E-state index is 12.8. The van der Waals surface area contributed by atoms with Gasteiger partial charge in [-0.3, -0.25) is 9.69 Å². The van der Waals surface area contributed by atoms with E-state index in [1.54, 1.807) is 0 Å². The minimum atomic E-state index is -0.0249. The fraction of sp³-hybridized carbons (Fsp3) is 0.619. The van der Waals surface area contributed by atoms with Crippen molar-refractivity contribution in [3.05, 3.63) is 34.9 Å². The first-order chi connectivity index (χ1) is 13.1. The van der Waals surface area contributed by atoms with E-state index in [0.717, 1.165) is 44.2 Å². The van der Waals surface area contributed by atoms with E-state index in [4.69, 9.17) is 11.6 Å². The van der Waals surface area contributed by atoms with Gasteiger partial charge in [0, 0.05) is 56.8 Å². The van der Waals surface area contributed by atoms with Gasteiger partial charge in [0.15, 0.2) is 0 Å². The fourth-order valence-electron chi connectivity index (χ4n) is 4.23. The van der Waals surface area contributed by atoms with Crippen LogP contribution in [0.2, 0.25) is 5.02 Å². The maximum atomic E-state index is 12.8. The first-order valence-corrected chi connectivity index (χ1v) is 10.5. The second-order valence-corrected chi connectivity index (χ2v) is 8.55. The van der Waals surface area contributed by atoms with E-state index >= 15 is 0 Å². The Bertz CT molecular complexity index is 683. The molecule has 1 aromatic carbocycles. The van der Waals surface area contributed by atoms with Crippen molar-refractivity contribution in [2.75, 3.05) is 39.3 Å². The van der Waals surface area contributed by atoms with E-state index in [1.807, 2.05) is 34.1 Å².